The van der Waals surface area contributed by atoms with Crippen molar-refractivity contribution in [2.24, 2.45) is 0 Å². The minimum Gasteiger partial charge on any atom is -0.348 e. The summed E-state index contributed by atoms with van der Waals surface area (Å²) in [7, 11) is 1.73. The van der Waals surface area contributed by atoms with Crippen molar-refractivity contribution in [3.63, 3.8) is 0 Å². The van der Waals surface area contributed by atoms with Crippen LogP contribution in [-0.2, 0) is 9.47 Å². The normalized spacial score (nSPS) is 18.5. The van der Waals surface area contributed by atoms with Gasteiger partial charge < -0.3 is 18.9 Å². The maximum Gasteiger partial charge on any atom is 0.256 e. The summed E-state index contributed by atoms with van der Waals surface area (Å²) in [5.74, 6) is -0.807. The number of aromatic nitrogens is 3. The van der Waals surface area contributed by atoms with E-state index in [1.807, 2.05) is 24.6 Å². The fourth-order valence-electron chi connectivity index (χ4n) is 4.96. The van der Waals surface area contributed by atoms with Crippen molar-refractivity contribution in [2.75, 3.05) is 20.3 Å². The summed E-state index contributed by atoms with van der Waals surface area (Å²) in [6.07, 6.45) is 8.88. The van der Waals surface area contributed by atoms with Gasteiger partial charge in [-0.2, -0.15) is 0 Å². The molecule has 0 bridgehead atoms. The van der Waals surface area contributed by atoms with Crippen molar-refractivity contribution in [1.82, 2.24) is 19.4 Å². The number of rotatable bonds is 4. The molecule has 1 saturated carbocycles. The smallest absolute Gasteiger partial charge is 0.256 e. The lowest BCUT2D eigenvalue weighted by Gasteiger charge is -2.35. The van der Waals surface area contributed by atoms with Crippen molar-refractivity contribution in [3.8, 4) is 5.69 Å². The maximum atomic E-state index is 14.2. The van der Waals surface area contributed by atoms with Crippen molar-refractivity contribution >= 4 is 16.9 Å². The number of ether oxygens (including phenoxy) is 2. The number of carbonyl (C=O) groups excluding carboxylic acids is 1. The lowest BCUT2D eigenvalue weighted by molar-refractivity contribution is -0.178. The fourth-order valence-corrected chi connectivity index (χ4v) is 4.96. The fraction of sp³-hybridized carbons (Fsp3) is 0.480. The second-order valence-corrected chi connectivity index (χ2v) is 9.26. The quantitative estimate of drug-likeness (QED) is 0.585. The number of benzene rings is 1. The number of fused-ring (bicyclic) bond motifs is 1. The standard InChI is InChI=1S/C25H29FN4O3/c1-16(2)29(3)24(31)19-12-18(26)4-5-21(19)30-14-20(23-22(30)13-27-15-28-23)17-6-8-25(9-7-17)32-10-11-33-25/h4-5,12-17H,6-11H2,1-3H3. The van der Waals surface area contributed by atoms with Crippen molar-refractivity contribution in [2.45, 2.75) is 57.3 Å². The zero-order valence-electron chi connectivity index (χ0n) is 19.3. The second-order valence-electron chi connectivity index (χ2n) is 9.26. The van der Waals surface area contributed by atoms with E-state index in [1.54, 1.807) is 30.5 Å². The SMILES string of the molecule is CC(C)N(C)C(=O)c1cc(F)ccc1-n1cc(C2CCC3(CC2)OCCO3)c2ncncc21. The minimum absolute atomic E-state index is 0.0106. The largest absolute Gasteiger partial charge is 0.348 e. The van der Waals surface area contributed by atoms with Gasteiger partial charge in [0.1, 0.15) is 12.1 Å². The Hall–Kier alpha value is -2.84. The summed E-state index contributed by atoms with van der Waals surface area (Å²) in [6.45, 7) is 5.18. The average molecular weight is 453 g/mol. The van der Waals surface area contributed by atoms with Crippen LogP contribution in [-0.4, -0.2) is 57.4 Å². The van der Waals surface area contributed by atoms with E-state index in [9.17, 15) is 9.18 Å². The molecule has 1 aliphatic heterocycles. The van der Waals surface area contributed by atoms with Crippen LogP contribution in [0.5, 0.6) is 0 Å². The molecule has 1 aromatic carbocycles. The molecular weight excluding hydrogens is 423 g/mol. The van der Waals surface area contributed by atoms with E-state index in [-0.39, 0.29) is 11.9 Å². The molecule has 1 amide bonds. The highest BCUT2D eigenvalue weighted by Crippen LogP contribution is 2.44. The molecule has 8 heteroatoms. The van der Waals surface area contributed by atoms with Crippen molar-refractivity contribution < 1.29 is 18.7 Å². The van der Waals surface area contributed by atoms with Crippen molar-refractivity contribution in [3.05, 3.63) is 53.9 Å². The molecule has 0 radical (unpaired) electrons. The van der Waals surface area contributed by atoms with E-state index in [1.165, 1.54) is 12.1 Å². The molecular formula is C25H29FN4O3. The summed E-state index contributed by atoms with van der Waals surface area (Å²) in [5.41, 5.74) is 3.71. The molecule has 1 spiro atoms. The molecule has 2 aromatic heterocycles. The van der Waals surface area contributed by atoms with Gasteiger partial charge in [0.2, 0.25) is 0 Å². The number of carbonyl (C=O) groups is 1. The van der Waals surface area contributed by atoms with Gasteiger partial charge in [0.15, 0.2) is 5.79 Å². The van der Waals surface area contributed by atoms with Gasteiger partial charge in [0, 0.05) is 32.1 Å². The highest BCUT2D eigenvalue weighted by Gasteiger charge is 2.41. The molecule has 0 unspecified atom stereocenters. The average Bonchev–Trinajstić information content (AvgIpc) is 3.44. The number of amides is 1. The van der Waals surface area contributed by atoms with E-state index in [2.05, 4.69) is 9.97 Å². The van der Waals surface area contributed by atoms with Gasteiger partial charge in [-0.25, -0.2) is 14.4 Å². The first-order chi connectivity index (χ1) is 15.9. The molecule has 3 aromatic rings. The van der Waals surface area contributed by atoms with Crippen LogP contribution in [0.2, 0.25) is 0 Å². The van der Waals surface area contributed by atoms with Crippen LogP contribution in [0.1, 0.15) is 61.4 Å². The monoisotopic (exact) mass is 452 g/mol. The van der Waals surface area contributed by atoms with E-state index in [0.29, 0.717) is 30.4 Å². The predicted molar refractivity (Wildman–Crippen MR) is 122 cm³/mol. The van der Waals surface area contributed by atoms with Gasteiger partial charge in [-0.15, -0.1) is 0 Å². The summed E-state index contributed by atoms with van der Waals surface area (Å²) < 4.78 is 27.9. The highest BCUT2D eigenvalue weighted by molar-refractivity contribution is 5.98. The molecule has 7 nitrogen and oxygen atoms in total. The molecule has 2 aliphatic rings. The Kier molecular flexibility index (Phi) is 5.66. The Labute approximate surface area is 192 Å². The van der Waals surface area contributed by atoms with Gasteiger partial charge in [0.25, 0.3) is 5.91 Å². The lowest BCUT2D eigenvalue weighted by Crippen LogP contribution is -2.34. The van der Waals surface area contributed by atoms with Crippen LogP contribution in [0.25, 0.3) is 16.7 Å². The molecule has 5 rings (SSSR count). The number of nitrogens with zero attached hydrogens (tertiary/aromatic N) is 4. The molecule has 1 saturated heterocycles. The second kappa shape index (κ2) is 8.50. The molecule has 0 N–H and O–H groups in total. The molecule has 33 heavy (non-hydrogen) atoms. The third kappa shape index (κ3) is 3.91. The Bertz CT molecular complexity index is 1180. The number of halogens is 1. The van der Waals surface area contributed by atoms with Gasteiger partial charge in [-0.05, 0) is 56.4 Å². The molecule has 1 aliphatic carbocycles. The zero-order chi connectivity index (χ0) is 23.2. The molecule has 174 valence electrons. The maximum absolute atomic E-state index is 14.2. The van der Waals surface area contributed by atoms with Crippen LogP contribution in [0.15, 0.2) is 36.9 Å². The topological polar surface area (TPSA) is 69.5 Å². The van der Waals surface area contributed by atoms with E-state index in [4.69, 9.17) is 9.47 Å². The van der Waals surface area contributed by atoms with E-state index < -0.39 is 11.6 Å². The molecule has 0 atom stereocenters. The zero-order valence-corrected chi connectivity index (χ0v) is 19.3. The minimum atomic E-state index is -0.443. The Morgan fingerprint density at radius 3 is 2.67 bits per heavy atom. The predicted octanol–water partition coefficient (Wildman–Crippen LogP) is 4.44. The van der Waals surface area contributed by atoms with E-state index in [0.717, 1.165) is 42.3 Å². The Morgan fingerprint density at radius 1 is 1.24 bits per heavy atom. The first-order valence-electron chi connectivity index (χ1n) is 11.5. The molecule has 3 heterocycles. The third-order valence-electron chi connectivity index (χ3n) is 7.04. The summed E-state index contributed by atoms with van der Waals surface area (Å²) in [5, 5.41) is 0. The Balaban J connectivity index is 1.56. The Morgan fingerprint density at radius 2 is 1.97 bits per heavy atom. The molecule has 2 fully saturated rings. The first-order valence-corrected chi connectivity index (χ1v) is 11.5. The lowest BCUT2D eigenvalue weighted by atomic mass is 9.81. The van der Waals surface area contributed by atoms with Gasteiger partial charge in [-0.3, -0.25) is 4.79 Å². The van der Waals surface area contributed by atoms with Crippen LogP contribution in [0.3, 0.4) is 0 Å². The van der Waals surface area contributed by atoms with Crippen LogP contribution < -0.4 is 0 Å². The first kappa shape index (κ1) is 22.0. The van der Waals surface area contributed by atoms with Gasteiger partial charge in [-0.1, -0.05) is 0 Å². The number of hydrogen-bond donors (Lipinski definition) is 0. The van der Waals surface area contributed by atoms with Crippen LogP contribution in [0, 0.1) is 5.82 Å². The third-order valence-corrected chi connectivity index (χ3v) is 7.04. The van der Waals surface area contributed by atoms with E-state index >= 15 is 0 Å². The van der Waals surface area contributed by atoms with Gasteiger partial charge >= 0.3 is 0 Å². The number of hydrogen-bond acceptors (Lipinski definition) is 5. The van der Waals surface area contributed by atoms with Gasteiger partial charge in [0.05, 0.1) is 41.7 Å². The van der Waals surface area contributed by atoms with Crippen molar-refractivity contribution in [1.29, 1.82) is 0 Å². The highest BCUT2D eigenvalue weighted by atomic mass is 19.1. The summed E-state index contributed by atoms with van der Waals surface area (Å²) in [4.78, 5) is 23.6. The van der Waals surface area contributed by atoms with Crippen LogP contribution >= 0.6 is 0 Å². The summed E-state index contributed by atoms with van der Waals surface area (Å²) >= 11 is 0. The summed E-state index contributed by atoms with van der Waals surface area (Å²) in [6, 6.07) is 4.34. The van der Waals surface area contributed by atoms with Crippen LogP contribution in [0.4, 0.5) is 4.39 Å².